The Kier molecular flexibility index (Phi) is 9.33. The highest BCUT2D eigenvalue weighted by Gasteiger charge is 2.30. The zero-order valence-electron chi connectivity index (χ0n) is 18.9. The maximum Gasteiger partial charge on any atom is 0.244 e. The van der Waals surface area contributed by atoms with E-state index in [1.807, 2.05) is 37.3 Å². The Morgan fingerprint density at radius 1 is 1.06 bits per heavy atom. The Morgan fingerprint density at radius 2 is 1.73 bits per heavy atom. The minimum Gasteiger partial charge on any atom is -0.354 e. The van der Waals surface area contributed by atoms with E-state index >= 15 is 0 Å². The monoisotopic (exact) mass is 481 g/mol. The lowest BCUT2D eigenvalue weighted by atomic mass is 10.1. The van der Waals surface area contributed by atoms with Gasteiger partial charge in [0, 0.05) is 19.2 Å². The number of amides is 2. The molecule has 1 N–H and O–H groups in total. The van der Waals surface area contributed by atoms with Gasteiger partial charge in [-0.2, -0.15) is 0 Å². The van der Waals surface area contributed by atoms with Crippen LogP contribution in [0.3, 0.4) is 0 Å². The summed E-state index contributed by atoms with van der Waals surface area (Å²) in [5.41, 5.74) is 0.757. The van der Waals surface area contributed by atoms with Crippen molar-refractivity contribution in [2.75, 3.05) is 30.2 Å². The highest BCUT2D eigenvalue weighted by atomic mass is 32.2. The van der Waals surface area contributed by atoms with Crippen molar-refractivity contribution in [2.24, 2.45) is 0 Å². The molecule has 7 nitrogen and oxygen atoms in total. The molecule has 2 amide bonds. The molecule has 0 fully saturated rings. The number of hydrogen-bond donors (Lipinski definition) is 1. The summed E-state index contributed by atoms with van der Waals surface area (Å²) in [5.74, 6) is -3.37. The number of halogens is 2. The van der Waals surface area contributed by atoms with Gasteiger partial charge in [0.25, 0.3) is 0 Å². The van der Waals surface area contributed by atoms with Crippen molar-refractivity contribution >= 4 is 27.5 Å². The van der Waals surface area contributed by atoms with E-state index in [0.29, 0.717) is 23.7 Å². The number of sulfonamides is 1. The van der Waals surface area contributed by atoms with Crippen LogP contribution in [-0.2, 0) is 26.0 Å². The van der Waals surface area contributed by atoms with E-state index in [-0.39, 0.29) is 18.1 Å². The first kappa shape index (κ1) is 26.2. The van der Waals surface area contributed by atoms with Crippen molar-refractivity contribution in [1.82, 2.24) is 10.2 Å². The molecule has 180 valence electrons. The Morgan fingerprint density at radius 3 is 2.30 bits per heavy atom. The summed E-state index contributed by atoms with van der Waals surface area (Å²) in [6.45, 7) is 3.41. The van der Waals surface area contributed by atoms with Crippen LogP contribution in [0.15, 0.2) is 48.5 Å². The number of benzene rings is 2. The summed E-state index contributed by atoms with van der Waals surface area (Å²) in [5, 5.41) is 2.74. The molecule has 2 aromatic rings. The van der Waals surface area contributed by atoms with Crippen LogP contribution in [0.2, 0.25) is 0 Å². The van der Waals surface area contributed by atoms with Gasteiger partial charge in [-0.25, -0.2) is 17.2 Å². The minimum absolute atomic E-state index is 0.166. The zero-order valence-corrected chi connectivity index (χ0v) is 19.7. The number of anilines is 1. The molecule has 1 unspecified atom stereocenters. The quantitative estimate of drug-likeness (QED) is 0.535. The van der Waals surface area contributed by atoms with Crippen LogP contribution in [0.25, 0.3) is 0 Å². The molecule has 0 heterocycles. The second-order valence-corrected chi connectivity index (χ2v) is 9.56. The van der Waals surface area contributed by atoms with Crippen LogP contribution >= 0.6 is 0 Å². The molecule has 1 atom stereocenters. The molecule has 0 aliphatic carbocycles. The molecule has 0 aliphatic heterocycles. The molecule has 2 aromatic carbocycles. The van der Waals surface area contributed by atoms with Crippen molar-refractivity contribution < 1.29 is 26.8 Å². The van der Waals surface area contributed by atoms with Crippen molar-refractivity contribution in [3.63, 3.8) is 0 Å². The summed E-state index contributed by atoms with van der Waals surface area (Å²) in [7, 11) is -4.01. The Balaban J connectivity index is 2.31. The van der Waals surface area contributed by atoms with Crippen molar-refractivity contribution in [3.05, 3.63) is 65.7 Å². The van der Waals surface area contributed by atoms with E-state index in [1.54, 1.807) is 6.92 Å². The smallest absolute Gasteiger partial charge is 0.244 e. The van der Waals surface area contributed by atoms with Crippen molar-refractivity contribution in [2.45, 2.75) is 32.7 Å². The second-order valence-electron chi connectivity index (χ2n) is 7.66. The molecule has 0 spiro atoms. The van der Waals surface area contributed by atoms with E-state index in [0.717, 1.165) is 30.0 Å². The van der Waals surface area contributed by atoms with E-state index < -0.39 is 40.2 Å². The lowest BCUT2D eigenvalue weighted by molar-refractivity contribution is -0.138. The summed E-state index contributed by atoms with van der Waals surface area (Å²) < 4.78 is 52.5. The van der Waals surface area contributed by atoms with Crippen LogP contribution in [0, 0.1) is 11.6 Å². The summed E-state index contributed by atoms with van der Waals surface area (Å²) >= 11 is 0. The molecule has 10 heteroatoms. The standard InChI is InChI=1S/C23H29F2N3O4S/c1-4-13-26-23(30)17(2)27(14-12-18-8-6-5-7-9-18)22(29)16-28(33(3,31)32)19-10-11-20(24)21(25)15-19/h5-11,15,17H,4,12-14,16H2,1-3H3,(H,26,30). The van der Waals surface area contributed by atoms with Crippen LogP contribution in [0.4, 0.5) is 14.5 Å². The number of nitrogens with one attached hydrogen (secondary N) is 1. The fraction of sp³-hybridized carbons (Fsp3) is 0.391. The van der Waals surface area contributed by atoms with E-state index in [9.17, 15) is 26.8 Å². The minimum atomic E-state index is -4.01. The molecule has 0 aromatic heterocycles. The zero-order chi connectivity index (χ0) is 24.6. The van der Waals surface area contributed by atoms with E-state index in [2.05, 4.69) is 5.32 Å². The topological polar surface area (TPSA) is 86.8 Å². The number of carbonyl (C=O) groups is 2. The maximum atomic E-state index is 13.7. The molecular weight excluding hydrogens is 452 g/mol. The van der Waals surface area contributed by atoms with Gasteiger partial charge in [-0.05, 0) is 37.5 Å². The molecule has 2 rings (SSSR count). The van der Waals surface area contributed by atoms with Gasteiger partial charge >= 0.3 is 0 Å². The summed E-state index contributed by atoms with van der Waals surface area (Å²) in [6.07, 6.45) is 2.03. The first-order valence-corrected chi connectivity index (χ1v) is 12.4. The fourth-order valence-electron chi connectivity index (χ4n) is 3.22. The van der Waals surface area contributed by atoms with Crippen LogP contribution in [-0.4, -0.2) is 57.1 Å². The van der Waals surface area contributed by atoms with Crippen LogP contribution < -0.4 is 9.62 Å². The predicted molar refractivity (Wildman–Crippen MR) is 123 cm³/mol. The predicted octanol–water partition coefficient (Wildman–Crippen LogP) is 2.72. The Hall–Kier alpha value is -3.01. The van der Waals surface area contributed by atoms with Gasteiger partial charge in [-0.15, -0.1) is 0 Å². The number of carbonyl (C=O) groups excluding carboxylic acids is 2. The largest absolute Gasteiger partial charge is 0.354 e. The van der Waals surface area contributed by atoms with E-state index in [1.165, 1.54) is 4.90 Å². The van der Waals surface area contributed by atoms with Crippen molar-refractivity contribution in [1.29, 1.82) is 0 Å². The van der Waals surface area contributed by atoms with Gasteiger partial charge in [-0.3, -0.25) is 13.9 Å². The van der Waals surface area contributed by atoms with Crippen LogP contribution in [0.1, 0.15) is 25.8 Å². The lowest BCUT2D eigenvalue weighted by Gasteiger charge is -2.31. The number of hydrogen-bond acceptors (Lipinski definition) is 4. The van der Waals surface area contributed by atoms with Gasteiger partial charge in [0.2, 0.25) is 21.8 Å². The highest BCUT2D eigenvalue weighted by molar-refractivity contribution is 7.92. The Bertz CT molecular complexity index is 1060. The average Bonchev–Trinajstić information content (AvgIpc) is 2.77. The van der Waals surface area contributed by atoms with Gasteiger partial charge < -0.3 is 10.2 Å². The van der Waals surface area contributed by atoms with Crippen LogP contribution in [0.5, 0.6) is 0 Å². The normalized spacial score (nSPS) is 12.2. The first-order chi connectivity index (χ1) is 15.5. The molecular formula is C23H29F2N3O4S. The van der Waals surface area contributed by atoms with Crippen molar-refractivity contribution in [3.8, 4) is 0 Å². The number of rotatable bonds is 11. The fourth-order valence-corrected chi connectivity index (χ4v) is 4.06. The number of nitrogens with zero attached hydrogens (tertiary/aromatic N) is 2. The van der Waals surface area contributed by atoms with Gasteiger partial charge in [0.15, 0.2) is 11.6 Å². The van der Waals surface area contributed by atoms with Gasteiger partial charge in [0.1, 0.15) is 12.6 Å². The lowest BCUT2D eigenvalue weighted by Crippen LogP contribution is -2.52. The molecule has 0 aliphatic rings. The van der Waals surface area contributed by atoms with Gasteiger partial charge in [-0.1, -0.05) is 37.3 Å². The molecule has 0 saturated carbocycles. The summed E-state index contributed by atoms with van der Waals surface area (Å²) in [6, 6.07) is 11.1. The molecule has 33 heavy (non-hydrogen) atoms. The summed E-state index contributed by atoms with van der Waals surface area (Å²) in [4.78, 5) is 27.1. The third-order valence-electron chi connectivity index (χ3n) is 5.07. The molecule has 0 bridgehead atoms. The average molecular weight is 482 g/mol. The second kappa shape index (κ2) is 11.7. The highest BCUT2D eigenvalue weighted by Crippen LogP contribution is 2.21. The SMILES string of the molecule is CCCNC(=O)C(C)N(CCc1ccccc1)C(=O)CN(c1ccc(F)c(F)c1)S(C)(=O)=O. The van der Waals surface area contributed by atoms with E-state index in [4.69, 9.17) is 0 Å². The third kappa shape index (κ3) is 7.52. The van der Waals surface area contributed by atoms with Gasteiger partial charge in [0.05, 0.1) is 11.9 Å². The molecule has 0 saturated heterocycles. The molecule has 0 radical (unpaired) electrons. The maximum absolute atomic E-state index is 13.7. The Labute approximate surface area is 193 Å². The first-order valence-electron chi connectivity index (χ1n) is 10.6. The third-order valence-corrected chi connectivity index (χ3v) is 6.21.